The molecular formula is C12H12N2O3S2. The summed E-state index contributed by atoms with van der Waals surface area (Å²) in [7, 11) is -3.32. The number of nitrogens with one attached hydrogen (secondary N) is 1. The van der Waals surface area contributed by atoms with E-state index < -0.39 is 9.84 Å². The first-order chi connectivity index (χ1) is 8.86. The van der Waals surface area contributed by atoms with Gasteiger partial charge in [-0.05, 0) is 25.1 Å². The first-order valence-corrected chi connectivity index (χ1v) is 8.11. The number of thiazole rings is 1. The van der Waals surface area contributed by atoms with Gasteiger partial charge in [-0.1, -0.05) is 6.07 Å². The molecule has 0 saturated carbocycles. The molecule has 0 bridgehead atoms. The molecule has 0 saturated heterocycles. The van der Waals surface area contributed by atoms with Gasteiger partial charge in [0.1, 0.15) is 0 Å². The molecule has 2 rings (SSSR count). The number of rotatable bonds is 3. The lowest BCUT2D eigenvalue weighted by atomic mass is 10.2. The number of carbonyl (C=O) groups is 1. The zero-order valence-corrected chi connectivity index (χ0v) is 12.0. The Bertz CT molecular complexity index is 720. The molecule has 1 aromatic heterocycles. The van der Waals surface area contributed by atoms with Crippen LogP contribution in [0.5, 0.6) is 0 Å². The summed E-state index contributed by atoms with van der Waals surface area (Å²) in [5.41, 5.74) is 0.288. The molecule has 2 aromatic rings. The Morgan fingerprint density at radius 2 is 2.11 bits per heavy atom. The molecule has 5 nitrogen and oxygen atoms in total. The van der Waals surface area contributed by atoms with Crippen LogP contribution in [0.2, 0.25) is 0 Å². The molecule has 19 heavy (non-hydrogen) atoms. The third kappa shape index (κ3) is 3.39. The molecule has 100 valence electrons. The zero-order chi connectivity index (χ0) is 14.0. The number of sulfone groups is 1. The fraction of sp³-hybridized carbons (Fsp3) is 0.167. The monoisotopic (exact) mass is 296 g/mol. The first-order valence-electron chi connectivity index (χ1n) is 5.40. The third-order valence-electron chi connectivity index (χ3n) is 2.37. The number of aryl methyl sites for hydroxylation is 1. The molecule has 0 aliphatic rings. The van der Waals surface area contributed by atoms with Crippen LogP contribution in [0.4, 0.5) is 5.13 Å². The summed E-state index contributed by atoms with van der Waals surface area (Å²) in [5, 5.41) is 3.12. The smallest absolute Gasteiger partial charge is 0.257 e. The standard InChI is InChI=1S/C12H12N2O3S2/c1-8-7-13-12(18-8)14-11(15)9-4-3-5-10(6-9)19(2,16)17/h3-7H,1-2H3,(H,13,14,15). The number of carbonyl (C=O) groups excluding carboxylic acids is 1. The van der Waals surface area contributed by atoms with Gasteiger partial charge in [-0.15, -0.1) is 11.3 Å². The number of anilines is 1. The van der Waals surface area contributed by atoms with Gasteiger partial charge in [-0.2, -0.15) is 0 Å². The first kappa shape index (κ1) is 13.7. The van der Waals surface area contributed by atoms with E-state index in [0.717, 1.165) is 11.1 Å². The maximum Gasteiger partial charge on any atom is 0.257 e. The predicted molar refractivity (Wildman–Crippen MR) is 74.4 cm³/mol. The average molecular weight is 296 g/mol. The van der Waals surface area contributed by atoms with Crippen LogP contribution in [0, 0.1) is 6.92 Å². The van der Waals surface area contributed by atoms with Crippen molar-refractivity contribution in [2.75, 3.05) is 11.6 Å². The van der Waals surface area contributed by atoms with E-state index in [0.29, 0.717) is 5.13 Å². The van der Waals surface area contributed by atoms with Gasteiger partial charge >= 0.3 is 0 Å². The van der Waals surface area contributed by atoms with Gasteiger partial charge < -0.3 is 0 Å². The normalized spacial score (nSPS) is 11.3. The van der Waals surface area contributed by atoms with E-state index in [1.165, 1.54) is 23.5 Å². The highest BCUT2D eigenvalue weighted by molar-refractivity contribution is 7.90. The van der Waals surface area contributed by atoms with Crippen molar-refractivity contribution in [1.82, 2.24) is 4.98 Å². The number of hydrogen-bond donors (Lipinski definition) is 1. The van der Waals surface area contributed by atoms with Gasteiger partial charge in [0.05, 0.1) is 4.90 Å². The molecule has 0 radical (unpaired) electrons. The average Bonchev–Trinajstić information content (AvgIpc) is 2.74. The SMILES string of the molecule is Cc1cnc(NC(=O)c2cccc(S(C)(=O)=O)c2)s1. The molecule has 1 heterocycles. The van der Waals surface area contributed by atoms with Gasteiger partial charge in [-0.3, -0.25) is 10.1 Å². The zero-order valence-electron chi connectivity index (χ0n) is 10.4. The Hall–Kier alpha value is -1.73. The van der Waals surface area contributed by atoms with Crippen molar-refractivity contribution in [3.63, 3.8) is 0 Å². The van der Waals surface area contributed by atoms with Crippen molar-refractivity contribution in [2.45, 2.75) is 11.8 Å². The minimum atomic E-state index is -3.32. The summed E-state index contributed by atoms with van der Waals surface area (Å²) in [5.74, 6) is -0.375. The Balaban J connectivity index is 2.25. The van der Waals surface area contributed by atoms with E-state index in [4.69, 9.17) is 0 Å². The lowest BCUT2D eigenvalue weighted by Crippen LogP contribution is -2.12. The van der Waals surface area contributed by atoms with Crippen LogP contribution >= 0.6 is 11.3 Å². The van der Waals surface area contributed by atoms with Gasteiger partial charge in [0.15, 0.2) is 15.0 Å². The van der Waals surface area contributed by atoms with Gasteiger partial charge in [-0.25, -0.2) is 13.4 Å². The lowest BCUT2D eigenvalue weighted by molar-refractivity contribution is 0.102. The van der Waals surface area contributed by atoms with Crippen molar-refractivity contribution in [2.24, 2.45) is 0 Å². The molecule has 1 N–H and O–H groups in total. The summed E-state index contributed by atoms with van der Waals surface area (Å²) < 4.78 is 22.9. The Morgan fingerprint density at radius 1 is 1.37 bits per heavy atom. The van der Waals surface area contributed by atoms with Crippen LogP contribution in [0.25, 0.3) is 0 Å². The number of amides is 1. The molecule has 0 unspecified atom stereocenters. The maximum atomic E-state index is 12.0. The summed E-state index contributed by atoms with van der Waals surface area (Å²) in [6.07, 6.45) is 2.77. The van der Waals surface area contributed by atoms with Crippen molar-refractivity contribution in [1.29, 1.82) is 0 Å². The number of aromatic nitrogens is 1. The van der Waals surface area contributed by atoms with Gasteiger partial charge in [0.25, 0.3) is 5.91 Å². The van der Waals surface area contributed by atoms with Crippen molar-refractivity contribution in [3.8, 4) is 0 Å². The number of hydrogen-bond acceptors (Lipinski definition) is 5. The van der Waals surface area contributed by atoms with E-state index in [-0.39, 0.29) is 16.4 Å². The van der Waals surface area contributed by atoms with Gasteiger partial charge in [0, 0.05) is 22.9 Å². The maximum absolute atomic E-state index is 12.0. The largest absolute Gasteiger partial charge is 0.298 e. The minimum Gasteiger partial charge on any atom is -0.298 e. The Labute approximate surface area is 115 Å². The molecule has 0 aliphatic carbocycles. The second-order valence-corrected chi connectivity index (χ2v) is 7.28. The van der Waals surface area contributed by atoms with Crippen LogP contribution in [-0.2, 0) is 9.84 Å². The van der Waals surface area contributed by atoms with Crippen LogP contribution in [0.15, 0.2) is 35.4 Å². The third-order valence-corrected chi connectivity index (χ3v) is 4.30. The van der Waals surface area contributed by atoms with Crippen molar-refractivity contribution in [3.05, 3.63) is 40.9 Å². The lowest BCUT2D eigenvalue weighted by Gasteiger charge is -2.03. The highest BCUT2D eigenvalue weighted by atomic mass is 32.2. The second kappa shape index (κ2) is 5.10. The molecule has 0 atom stereocenters. The molecule has 1 aromatic carbocycles. The summed E-state index contributed by atoms with van der Waals surface area (Å²) in [4.78, 5) is 17.1. The second-order valence-electron chi connectivity index (χ2n) is 4.03. The van der Waals surface area contributed by atoms with Crippen LogP contribution in [0.3, 0.4) is 0 Å². The van der Waals surface area contributed by atoms with Crippen LogP contribution < -0.4 is 5.32 Å². The van der Waals surface area contributed by atoms with E-state index >= 15 is 0 Å². The molecule has 0 fully saturated rings. The van der Waals surface area contributed by atoms with Crippen LogP contribution in [-0.4, -0.2) is 25.6 Å². The molecule has 1 amide bonds. The quantitative estimate of drug-likeness (QED) is 0.941. The Kier molecular flexibility index (Phi) is 3.68. The summed E-state index contributed by atoms with van der Waals surface area (Å²) in [6, 6.07) is 5.91. The minimum absolute atomic E-state index is 0.121. The summed E-state index contributed by atoms with van der Waals surface area (Å²) >= 11 is 1.36. The van der Waals surface area contributed by atoms with Crippen molar-refractivity contribution >= 4 is 32.2 Å². The number of benzene rings is 1. The Morgan fingerprint density at radius 3 is 2.68 bits per heavy atom. The van der Waals surface area contributed by atoms with E-state index in [9.17, 15) is 13.2 Å². The highest BCUT2D eigenvalue weighted by Gasteiger charge is 2.12. The van der Waals surface area contributed by atoms with Crippen molar-refractivity contribution < 1.29 is 13.2 Å². The molecule has 7 heteroatoms. The molecular weight excluding hydrogens is 284 g/mol. The van der Waals surface area contributed by atoms with Crippen LogP contribution in [0.1, 0.15) is 15.2 Å². The van der Waals surface area contributed by atoms with Gasteiger partial charge in [0.2, 0.25) is 0 Å². The fourth-order valence-corrected chi connectivity index (χ4v) is 2.78. The summed E-state index contributed by atoms with van der Waals surface area (Å²) in [6.45, 7) is 1.89. The fourth-order valence-electron chi connectivity index (χ4n) is 1.45. The molecule has 0 spiro atoms. The van der Waals surface area contributed by atoms with E-state index in [1.54, 1.807) is 18.3 Å². The molecule has 0 aliphatic heterocycles. The topological polar surface area (TPSA) is 76.1 Å². The van der Waals surface area contributed by atoms with E-state index in [1.807, 2.05) is 6.92 Å². The number of nitrogens with zero attached hydrogens (tertiary/aromatic N) is 1. The predicted octanol–water partition coefficient (Wildman–Crippen LogP) is 2.11. The van der Waals surface area contributed by atoms with E-state index in [2.05, 4.69) is 10.3 Å². The highest BCUT2D eigenvalue weighted by Crippen LogP contribution is 2.18.